The number of hydrogen-bond acceptors (Lipinski definition) is 3. The molecule has 0 fully saturated rings. The summed E-state index contributed by atoms with van der Waals surface area (Å²) in [6.45, 7) is 5.81. The minimum atomic E-state index is 0.236. The fraction of sp³-hybridized carbons (Fsp3) is 0.636. The second-order valence-corrected chi connectivity index (χ2v) is 4.39. The van der Waals surface area contributed by atoms with Crippen molar-refractivity contribution < 1.29 is 0 Å². The van der Waals surface area contributed by atoms with Gasteiger partial charge in [-0.15, -0.1) is 0 Å². The van der Waals surface area contributed by atoms with E-state index in [9.17, 15) is 0 Å². The number of amidine groups is 1. The summed E-state index contributed by atoms with van der Waals surface area (Å²) in [5, 5.41) is 11.6. The maximum atomic E-state index is 7.16. The maximum Gasteiger partial charge on any atom is 0.0918 e. The molecule has 0 aliphatic heterocycles. The average molecular weight is 223 g/mol. The Labute approximate surface area is 96.7 Å². The van der Waals surface area contributed by atoms with E-state index in [2.05, 4.69) is 23.8 Å². The van der Waals surface area contributed by atoms with Crippen LogP contribution in [0.25, 0.3) is 0 Å². The van der Waals surface area contributed by atoms with Gasteiger partial charge in [-0.05, 0) is 27.0 Å². The summed E-state index contributed by atoms with van der Waals surface area (Å²) < 4.78 is 1.95. The first-order valence-electron chi connectivity index (χ1n) is 5.54. The van der Waals surface area contributed by atoms with Crippen molar-refractivity contribution in [1.82, 2.24) is 14.7 Å². The minimum Gasteiger partial charge on any atom is -0.388 e. The zero-order chi connectivity index (χ0) is 12.1. The zero-order valence-electron chi connectivity index (χ0n) is 10.3. The molecule has 0 atom stereocenters. The molecule has 3 N–H and O–H groups in total. The molecule has 90 valence electrons. The first kappa shape index (κ1) is 12.7. The topological polar surface area (TPSA) is 70.9 Å². The molecule has 16 heavy (non-hydrogen) atoms. The summed E-state index contributed by atoms with van der Waals surface area (Å²) in [6.07, 6.45) is 2.61. The van der Waals surface area contributed by atoms with Gasteiger partial charge in [-0.1, -0.05) is 0 Å². The van der Waals surface area contributed by atoms with Crippen LogP contribution < -0.4 is 5.73 Å². The van der Waals surface area contributed by atoms with Crippen LogP contribution in [-0.2, 0) is 6.54 Å². The zero-order valence-corrected chi connectivity index (χ0v) is 10.3. The highest BCUT2D eigenvalue weighted by molar-refractivity contribution is 5.76. The van der Waals surface area contributed by atoms with Crippen molar-refractivity contribution in [3.8, 4) is 0 Å². The monoisotopic (exact) mass is 223 g/mol. The van der Waals surface area contributed by atoms with Crippen LogP contribution in [0.4, 0.5) is 0 Å². The van der Waals surface area contributed by atoms with Gasteiger partial charge in [0.25, 0.3) is 0 Å². The van der Waals surface area contributed by atoms with Gasteiger partial charge in [0.2, 0.25) is 0 Å². The van der Waals surface area contributed by atoms with E-state index < -0.39 is 0 Å². The molecule has 0 saturated heterocycles. The van der Waals surface area contributed by atoms with Crippen molar-refractivity contribution in [2.75, 3.05) is 13.6 Å². The fourth-order valence-electron chi connectivity index (χ4n) is 1.42. The molecule has 0 aliphatic carbocycles. The normalized spacial score (nSPS) is 11.3. The fourth-order valence-corrected chi connectivity index (χ4v) is 1.42. The van der Waals surface area contributed by atoms with Gasteiger partial charge >= 0.3 is 0 Å². The van der Waals surface area contributed by atoms with Crippen molar-refractivity contribution in [3.05, 3.63) is 18.0 Å². The Bertz CT molecular complexity index is 342. The van der Waals surface area contributed by atoms with E-state index in [1.165, 1.54) is 0 Å². The number of rotatable bonds is 6. The number of nitrogens with zero attached hydrogens (tertiary/aromatic N) is 3. The SMILES string of the molecule is CC(C)n1ccc(CN(C)CCC(=N)N)n1. The molecule has 0 unspecified atom stereocenters. The van der Waals surface area contributed by atoms with Gasteiger partial charge in [-0.3, -0.25) is 10.1 Å². The quantitative estimate of drug-likeness (QED) is 0.562. The van der Waals surface area contributed by atoms with E-state index in [1.807, 2.05) is 24.0 Å². The molecular formula is C11H21N5. The molecule has 0 spiro atoms. The van der Waals surface area contributed by atoms with Crippen molar-refractivity contribution in [2.45, 2.75) is 32.9 Å². The summed E-state index contributed by atoms with van der Waals surface area (Å²) >= 11 is 0. The number of nitrogens with one attached hydrogen (secondary N) is 1. The predicted molar refractivity (Wildman–Crippen MR) is 65.5 cm³/mol. The Morgan fingerprint density at radius 1 is 1.62 bits per heavy atom. The molecule has 1 aromatic heterocycles. The summed E-state index contributed by atoms with van der Waals surface area (Å²) in [7, 11) is 2.01. The standard InChI is InChI=1S/C11H21N5/c1-9(2)16-7-4-10(14-16)8-15(3)6-5-11(12)13/h4,7,9H,5-6,8H2,1-3H3,(H3,12,13). The molecular weight excluding hydrogens is 202 g/mol. The summed E-state index contributed by atoms with van der Waals surface area (Å²) in [5.74, 6) is 0.236. The third kappa shape index (κ3) is 4.02. The second kappa shape index (κ2) is 5.65. The van der Waals surface area contributed by atoms with Crippen molar-refractivity contribution in [2.24, 2.45) is 5.73 Å². The molecule has 0 aliphatic rings. The largest absolute Gasteiger partial charge is 0.388 e. The molecule has 5 nitrogen and oxygen atoms in total. The van der Waals surface area contributed by atoms with E-state index in [4.69, 9.17) is 11.1 Å². The van der Waals surface area contributed by atoms with Crippen LogP contribution in [0.2, 0.25) is 0 Å². The summed E-state index contributed by atoms with van der Waals surface area (Å²) in [5.41, 5.74) is 6.37. The van der Waals surface area contributed by atoms with E-state index in [1.54, 1.807) is 0 Å². The molecule has 0 radical (unpaired) electrons. The van der Waals surface area contributed by atoms with Crippen LogP contribution in [0.15, 0.2) is 12.3 Å². The highest BCUT2D eigenvalue weighted by Crippen LogP contribution is 2.06. The van der Waals surface area contributed by atoms with Gasteiger partial charge in [0, 0.05) is 31.7 Å². The summed E-state index contributed by atoms with van der Waals surface area (Å²) in [4.78, 5) is 2.12. The summed E-state index contributed by atoms with van der Waals surface area (Å²) in [6, 6.07) is 2.43. The highest BCUT2D eigenvalue weighted by Gasteiger charge is 2.05. The van der Waals surface area contributed by atoms with Gasteiger partial charge in [0.05, 0.1) is 11.5 Å². The lowest BCUT2D eigenvalue weighted by atomic mass is 10.3. The molecule has 0 amide bonds. The van der Waals surface area contributed by atoms with Gasteiger partial charge in [-0.25, -0.2) is 0 Å². The van der Waals surface area contributed by atoms with Gasteiger partial charge in [0.1, 0.15) is 0 Å². The molecule has 1 aromatic rings. The molecule has 0 aromatic carbocycles. The Balaban J connectivity index is 2.43. The van der Waals surface area contributed by atoms with E-state index in [-0.39, 0.29) is 5.84 Å². The Hall–Kier alpha value is -1.36. The number of nitrogens with two attached hydrogens (primary N) is 1. The lowest BCUT2D eigenvalue weighted by Gasteiger charge is -2.14. The maximum absolute atomic E-state index is 7.16. The first-order chi connectivity index (χ1) is 7.49. The molecule has 0 bridgehead atoms. The van der Waals surface area contributed by atoms with Crippen LogP contribution in [0.5, 0.6) is 0 Å². The van der Waals surface area contributed by atoms with Gasteiger partial charge < -0.3 is 10.6 Å². The average Bonchev–Trinajstić information content (AvgIpc) is 2.63. The third-order valence-corrected chi connectivity index (χ3v) is 2.39. The number of hydrogen-bond donors (Lipinski definition) is 2. The predicted octanol–water partition coefficient (Wildman–Crippen LogP) is 1.22. The lowest BCUT2D eigenvalue weighted by Crippen LogP contribution is -2.24. The molecule has 1 heterocycles. The van der Waals surface area contributed by atoms with Gasteiger partial charge in [-0.2, -0.15) is 5.10 Å². The van der Waals surface area contributed by atoms with Crippen LogP contribution in [-0.4, -0.2) is 34.1 Å². The van der Waals surface area contributed by atoms with Crippen molar-refractivity contribution in [3.63, 3.8) is 0 Å². The van der Waals surface area contributed by atoms with E-state index >= 15 is 0 Å². The molecule has 1 rings (SSSR count). The van der Waals surface area contributed by atoms with E-state index in [0.29, 0.717) is 12.5 Å². The molecule has 0 saturated carbocycles. The van der Waals surface area contributed by atoms with Crippen molar-refractivity contribution >= 4 is 5.84 Å². The van der Waals surface area contributed by atoms with Crippen LogP contribution in [0.3, 0.4) is 0 Å². The van der Waals surface area contributed by atoms with E-state index in [0.717, 1.165) is 18.8 Å². The Kier molecular flexibility index (Phi) is 4.49. The van der Waals surface area contributed by atoms with Crippen LogP contribution >= 0.6 is 0 Å². The van der Waals surface area contributed by atoms with Crippen LogP contribution in [0.1, 0.15) is 32.0 Å². The van der Waals surface area contributed by atoms with Crippen molar-refractivity contribution in [1.29, 1.82) is 5.41 Å². The smallest absolute Gasteiger partial charge is 0.0918 e. The Morgan fingerprint density at radius 3 is 2.81 bits per heavy atom. The number of aromatic nitrogens is 2. The second-order valence-electron chi connectivity index (χ2n) is 4.39. The van der Waals surface area contributed by atoms with Gasteiger partial charge in [0.15, 0.2) is 0 Å². The lowest BCUT2D eigenvalue weighted by molar-refractivity contribution is 0.329. The highest BCUT2D eigenvalue weighted by atomic mass is 15.3. The minimum absolute atomic E-state index is 0.236. The Morgan fingerprint density at radius 2 is 2.31 bits per heavy atom. The molecule has 5 heteroatoms. The third-order valence-electron chi connectivity index (χ3n) is 2.39. The van der Waals surface area contributed by atoms with Crippen LogP contribution in [0, 0.1) is 5.41 Å². The first-order valence-corrected chi connectivity index (χ1v) is 5.54.